The van der Waals surface area contributed by atoms with Crippen LogP contribution >= 0.6 is 0 Å². The maximum atomic E-state index is 10.7. The van der Waals surface area contributed by atoms with E-state index in [2.05, 4.69) is 29.4 Å². The molecule has 0 bridgehead atoms. The van der Waals surface area contributed by atoms with E-state index in [1.807, 2.05) is 25.5 Å². The first-order valence-electron chi connectivity index (χ1n) is 6.92. The smallest absolute Gasteiger partial charge is 0.0678 e. The van der Waals surface area contributed by atoms with Crippen molar-refractivity contribution in [2.24, 2.45) is 7.05 Å². The fraction of sp³-hybridized carbons (Fsp3) is 0.438. The minimum Gasteiger partial charge on any atom is -0.392 e. The normalized spacial score (nSPS) is 18.8. The molecule has 0 spiro atoms. The van der Waals surface area contributed by atoms with Crippen LogP contribution in [0.3, 0.4) is 0 Å². The summed E-state index contributed by atoms with van der Waals surface area (Å²) >= 11 is 0. The predicted octanol–water partition coefficient (Wildman–Crippen LogP) is 2.45. The molecule has 0 amide bonds. The highest BCUT2D eigenvalue weighted by molar-refractivity contribution is 5.30. The third-order valence-electron chi connectivity index (χ3n) is 4.42. The standard InChI is InChI=1S/C16H20N2O/c1-18-12-13(11-17-18)10-15(19)16(8-5-9-16)14-6-3-2-4-7-14/h2-4,6-7,11-12,15,19H,5,8-10H2,1H3. The van der Waals surface area contributed by atoms with Crippen LogP contribution in [0.1, 0.15) is 30.4 Å². The van der Waals surface area contributed by atoms with Crippen LogP contribution in [0, 0.1) is 0 Å². The number of aryl methyl sites for hydroxylation is 1. The van der Waals surface area contributed by atoms with E-state index in [1.165, 1.54) is 12.0 Å². The summed E-state index contributed by atoms with van der Waals surface area (Å²) in [5, 5.41) is 14.9. The van der Waals surface area contributed by atoms with Crippen molar-refractivity contribution in [3.8, 4) is 0 Å². The maximum Gasteiger partial charge on any atom is 0.0678 e. The van der Waals surface area contributed by atoms with Gasteiger partial charge in [0.1, 0.15) is 0 Å². The second-order valence-electron chi connectivity index (χ2n) is 5.62. The summed E-state index contributed by atoms with van der Waals surface area (Å²) in [5.41, 5.74) is 2.34. The summed E-state index contributed by atoms with van der Waals surface area (Å²) in [6.07, 6.45) is 7.56. The van der Waals surface area contributed by atoms with Gasteiger partial charge in [-0.25, -0.2) is 0 Å². The molecular weight excluding hydrogens is 236 g/mol. The van der Waals surface area contributed by atoms with E-state index in [1.54, 1.807) is 4.68 Å². The van der Waals surface area contributed by atoms with Gasteiger partial charge in [-0.05, 0) is 24.0 Å². The second-order valence-corrected chi connectivity index (χ2v) is 5.62. The first-order chi connectivity index (χ1) is 9.21. The monoisotopic (exact) mass is 256 g/mol. The van der Waals surface area contributed by atoms with E-state index < -0.39 is 0 Å². The Kier molecular flexibility index (Phi) is 3.15. The molecule has 1 aliphatic carbocycles. The number of hydrogen-bond acceptors (Lipinski definition) is 2. The number of hydrogen-bond donors (Lipinski definition) is 1. The number of aromatic nitrogens is 2. The van der Waals surface area contributed by atoms with Crippen LogP contribution < -0.4 is 0 Å². The third-order valence-corrected chi connectivity index (χ3v) is 4.42. The molecule has 1 heterocycles. The van der Waals surface area contributed by atoms with Gasteiger partial charge >= 0.3 is 0 Å². The largest absolute Gasteiger partial charge is 0.392 e. The van der Waals surface area contributed by atoms with Gasteiger partial charge in [-0.3, -0.25) is 4.68 Å². The van der Waals surface area contributed by atoms with Crippen LogP contribution in [0.2, 0.25) is 0 Å². The van der Waals surface area contributed by atoms with Crippen molar-refractivity contribution in [3.63, 3.8) is 0 Å². The van der Waals surface area contributed by atoms with Gasteiger partial charge < -0.3 is 5.11 Å². The summed E-state index contributed by atoms with van der Waals surface area (Å²) in [6, 6.07) is 10.4. The summed E-state index contributed by atoms with van der Waals surface area (Å²) in [5.74, 6) is 0. The van der Waals surface area contributed by atoms with Crippen LogP contribution in [-0.4, -0.2) is 21.0 Å². The molecule has 1 N–H and O–H groups in total. The Morgan fingerprint density at radius 1 is 1.32 bits per heavy atom. The Morgan fingerprint density at radius 3 is 2.58 bits per heavy atom. The third kappa shape index (κ3) is 2.19. The van der Waals surface area contributed by atoms with E-state index in [4.69, 9.17) is 0 Å². The molecule has 1 aromatic carbocycles. The lowest BCUT2D eigenvalue weighted by Crippen LogP contribution is -2.46. The van der Waals surface area contributed by atoms with Crippen LogP contribution in [-0.2, 0) is 18.9 Å². The summed E-state index contributed by atoms with van der Waals surface area (Å²) in [6.45, 7) is 0. The molecule has 1 unspecified atom stereocenters. The van der Waals surface area contributed by atoms with Gasteiger partial charge in [0.25, 0.3) is 0 Å². The second kappa shape index (κ2) is 4.82. The van der Waals surface area contributed by atoms with Crippen molar-refractivity contribution in [1.82, 2.24) is 9.78 Å². The molecule has 0 aliphatic heterocycles. The highest BCUT2D eigenvalue weighted by atomic mass is 16.3. The summed E-state index contributed by atoms with van der Waals surface area (Å²) in [7, 11) is 1.91. The lowest BCUT2D eigenvalue weighted by Gasteiger charge is -2.46. The number of aliphatic hydroxyl groups is 1. The molecule has 3 heteroatoms. The van der Waals surface area contributed by atoms with E-state index in [-0.39, 0.29) is 11.5 Å². The number of rotatable bonds is 4. The van der Waals surface area contributed by atoms with Gasteiger partial charge in [0.05, 0.1) is 12.3 Å². The highest BCUT2D eigenvalue weighted by Crippen LogP contribution is 2.47. The molecule has 1 aromatic heterocycles. The van der Waals surface area contributed by atoms with Crippen molar-refractivity contribution in [3.05, 3.63) is 53.9 Å². The van der Waals surface area contributed by atoms with Crippen LogP contribution in [0.4, 0.5) is 0 Å². The average molecular weight is 256 g/mol. The quantitative estimate of drug-likeness (QED) is 0.912. The zero-order valence-electron chi connectivity index (χ0n) is 11.3. The van der Waals surface area contributed by atoms with E-state index in [9.17, 15) is 5.11 Å². The molecule has 1 atom stereocenters. The summed E-state index contributed by atoms with van der Waals surface area (Å²) in [4.78, 5) is 0. The zero-order valence-corrected chi connectivity index (χ0v) is 11.3. The minimum absolute atomic E-state index is 0.0445. The fourth-order valence-corrected chi connectivity index (χ4v) is 3.14. The summed E-state index contributed by atoms with van der Waals surface area (Å²) < 4.78 is 1.79. The van der Waals surface area contributed by atoms with E-state index in [0.29, 0.717) is 6.42 Å². The molecule has 19 heavy (non-hydrogen) atoms. The molecule has 1 saturated carbocycles. The molecule has 100 valence electrons. The van der Waals surface area contributed by atoms with Crippen LogP contribution in [0.25, 0.3) is 0 Å². The Morgan fingerprint density at radius 2 is 2.05 bits per heavy atom. The first-order valence-corrected chi connectivity index (χ1v) is 6.92. The van der Waals surface area contributed by atoms with Crippen molar-refractivity contribution in [1.29, 1.82) is 0 Å². The Labute approximate surface area is 113 Å². The number of benzene rings is 1. The molecular formula is C16H20N2O. The van der Waals surface area contributed by atoms with Crippen molar-refractivity contribution >= 4 is 0 Å². The van der Waals surface area contributed by atoms with Crippen molar-refractivity contribution in [2.45, 2.75) is 37.2 Å². The molecule has 0 radical (unpaired) electrons. The van der Waals surface area contributed by atoms with Gasteiger partial charge in [0.15, 0.2) is 0 Å². The van der Waals surface area contributed by atoms with Crippen LogP contribution in [0.5, 0.6) is 0 Å². The number of aliphatic hydroxyl groups excluding tert-OH is 1. The molecule has 3 nitrogen and oxygen atoms in total. The zero-order chi connectivity index (χ0) is 13.3. The molecule has 1 aliphatic rings. The number of nitrogens with zero attached hydrogens (tertiary/aromatic N) is 2. The molecule has 1 fully saturated rings. The average Bonchev–Trinajstić information content (AvgIpc) is 2.75. The van der Waals surface area contributed by atoms with Crippen molar-refractivity contribution in [2.75, 3.05) is 0 Å². The van der Waals surface area contributed by atoms with Gasteiger partial charge in [-0.15, -0.1) is 0 Å². The fourth-order valence-electron chi connectivity index (χ4n) is 3.14. The van der Waals surface area contributed by atoms with Crippen molar-refractivity contribution < 1.29 is 5.11 Å². The van der Waals surface area contributed by atoms with E-state index in [0.717, 1.165) is 18.4 Å². The minimum atomic E-state index is -0.326. The Bertz CT molecular complexity index is 543. The van der Waals surface area contributed by atoms with Gasteiger partial charge in [0, 0.05) is 25.1 Å². The highest BCUT2D eigenvalue weighted by Gasteiger charge is 2.44. The Balaban J connectivity index is 1.82. The van der Waals surface area contributed by atoms with Gasteiger partial charge in [-0.1, -0.05) is 36.8 Å². The lowest BCUT2D eigenvalue weighted by molar-refractivity contribution is 0.0286. The topological polar surface area (TPSA) is 38.0 Å². The Hall–Kier alpha value is -1.61. The van der Waals surface area contributed by atoms with Crippen LogP contribution in [0.15, 0.2) is 42.7 Å². The molecule has 3 rings (SSSR count). The van der Waals surface area contributed by atoms with E-state index >= 15 is 0 Å². The van der Waals surface area contributed by atoms with Gasteiger partial charge in [0.2, 0.25) is 0 Å². The maximum absolute atomic E-state index is 10.7. The molecule has 2 aromatic rings. The SMILES string of the molecule is Cn1cc(CC(O)C2(c3ccccc3)CCC2)cn1. The first kappa shape index (κ1) is 12.4. The predicted molar refractivity (Wildman–Crippen MR) is 74.9 cm³/mol. The molecule has 0 saturated heterocycles. The van der Waals surface area contributed by atoms with Gasteiger partial charge in [-0.2, -0.15) is 5.10 Å². The lowest BCUT2D eigenvalue weighted by atomic mass is 9.60.